The first kappa shape index (κ1) is 18.9. The molecule has 0 aliphatic carbocycles. The van der Waals surface area contributed by atoms with Crippen molar-refractivity contribution in [3.63, 3.8) is 0 Å². The molecule has 132 valence electrons. The summed E-state index contributed by atoms with van der Waals surface area (Å²) in [4.78, 5) is 10.2. The number of hydrogen-bond acceptors (Lipinski definition) is 3. The van der Waals surface area contributed by atoms with E-state index < -0.39 is 4.92 Å². The Morgan fingerprint density at radius 2 is 1.64 bits per heavy atom. The van der Waals surface area contributed by atoms with E-state index in [4.69, 9.17) is 12.2 Å². The Balaban J connectivity index is 1.96. The Kier molecular flexibility index (Phi) is 5.74. The summed E-state index contributed by atoms with van der Waals surface area (Å²) in [6, 6.07) is 14.7. The van der Waals surface area contributed by atoms with Gasteiger partial charge in [0.25, 0.3) is 5.69 Å². The molecule has 1 atom stereocenters. The van der Waals surface area contributed by atoms with E-state index in [9.17, 15) is 10.1 Å². The van der Waals surface area contributed by atoms with Crippen molar-refractivity contribution < 1.29 is 4.92 Å². The molecular weight excluding hydrogens is 334 g/mol. The predicted octanol–water partition coefficient (Wildman–Crippen LogP) is 4.94. The number of nitrogens with one attached hydrogen (secondary N) is 2. The van der Waals surface area contributed by atoms with Gasteiger partial charge in [-0.05, 0) is 47.8 Å². The van der Waals surface area contributed by atoms with E-state index in [1.54, 1.807) is 12.1 Å². The number of nitro benzene ring substituents is 1. The Labute approximate surface area is 153 Å². The molecular formula is C19H23N3O2S. The van der Waals surface area contributed by atoms with Crippen LogP contribution in [0.2, 0.25) is 0 Å². The molecule has 2 N–H and O–H groups in total. The molecule has 2 aromatic rings. The Bertz CT molecular complexity index is 750. The molecule has 0 heterocycles. The van der Waals surface area contributed by atoms with Crippen molar-refractivity contribution in [2.75, 3.05) is 5.32 Å². The van der Waals surface area contributed by atoms with Crippen molar-refractivity contribution in [3.05, 3.63) is 69.8 Å². The SMILES string of the molecule is CC(NC(=S)Nc1ccc([N+](=O)[O-])cc1)c1ccc(C(C)(C)C)cc1. The van der Waals surface area contributed by atoms with E-state index in [2.05, 4.69) is 55.7 Å². The van der Waals surface area contributed by atoms with Gasteiger partial charge in [0.15, 0.2) is 5.11 Å². The van der Waals surface area contributed by atoms with Crippen LogP contribution in [-0.4, -0.2) is 10.0 Å². The van der Waals surface area contributed by atoms with Gasteiger partial charge in [-0.3, -0.25) is 10.1 Å². The van der Waals surface area contributed by atoms with Crippen molar-refractivity contribution in [2.45, 2.75) is 39.2 Å². The fourth-order valence-electron chi connectivity index (χ4n) is 2.39. The average Bonchev–Trinajstić information content (AvgIpc) is 2.54. The van der Waals surface area contributed by atoms with E-state index in [0.29, 0.717) is 10.8 Å². The first-order valence-corrected chi connectivity index (χ1v) is 8.50. The maximum atomic E-state index is 10.7. The summed E-state index contributed by atoms with van der Waals surface area (Å²) < 4.78 is 0. The molecule has 0 spiro atoms. The van der Waals surface area contributed by atoms with Crippen LogP contribution in [0.5, 0.6) is 0 Å². The minimum Gasteiger partial charge on any atom is -0.356 e. The van der Waals surface area contributed by atoms with Gasteiger partial charge in [-0.2, -0.15) is 0 Å². The molecule has 0 saturated heterocycles. The predicted molar refractivity (Wildman–Crippen MR) is 106 cm³/mol. The summed E-state index contributed by atoms with van der Waals surface area (Å²) in [5, 5.41) is 17.4. The van der Waals surface area contributed by atoms with Gasteiger partial charge >= 0.3 is 0 Å². The number of non-ortho nitro benzene ring substituents is 1. The minimum atomic E-state index is -0.427. The van der Waals surface area contributed by atoms with Gasteiger partial charge in [-0.1, -0.05) is 45.0 Å². The van der Waals surface area contributed by atoms with Crippen molar-refractivity contribution in [2.24, 2.45) is 0 Å². The van der Waals surface area contributed by atoms with E-state index >= 15 is 0 Å². The summed E-state index contributed by atoms with van der Waals surface area (Å²) in [5.41, 5.74) is 3.31. The number of nitro groups is 1. The van der Waals surface area contributed by atoms with Gasteiger partial charge in [0.1, 0.15) is 0 Å². The Hall–Kier alpha value is -2.47. The molecule has 0 aliphatic heterocycles. The third-order valence-corrected chi connectivity index (χ3v) is 4.18. The monoisotopic (exact) mass is 357 g/mol. The van der Waals surface area contributed by atoms with Crippen LogP contribution < -0.4 is 10.6 Å². The molecule has 1 unspecified atom stereocenters. The van der Waals surface area contributed by atoms with Crippen LogP contribution in [0.15, 0.2) is 48.5 Å². The van der Waals surface area contributed by atoms with Crippen LogP contribution in [0, 0.1) is 10.1 Å². The van der Waals surface area contributed by atoms with Crippen LogP contribution in [0.4, 0.5) is 11.4 Å². The molecule has 0 aliphatic rings. The Morgan fingerprint density at radius 1 is 1.08 bits per heavy atom. The fourth-order valence-corrected chi connectivity index (χ4v) is 2.68. The summed E-state index contributed by atoms with van der Waals surface area (Å²) in [6.07, 6.45) is 0. The van der Waals surface area contributed by atoms with E-state index in [-0.39, 0.29) is 17.1 Å². The summed E-state index contributed by atoms with van der Waals surface area (Å²) >= 11 is 5.33. The van der Waals surface area contributed by atoms with Crippen LogP contribution >= 0.6 is 12.2 Å². The highest BCUT2D eigenvalue weighted by molar-refractivity contribution is 7.80. The lowest BCUT2D eigenvalue weighted by Crippen LogP contribution is -2.30. The summed E-state index contributed by atoms with van der Waals surface area (Å²) in [6.45, 7) is 8.60. The second-order valence-electron chi connectivity index (χ2n) is 7.00. The highest BCUT2D eigenvalue weighted by atomic mass is 32.1. The maximum absolute atomic E-state index is 10.7. The average molecular weight is 357 g/mol. The quantitative estimate of drug-likeness (QED) is 0.461. The molecule has 0 fully saturated rings. The van der Waals surface area contributed by atoms with Crippen LogP contribution in [0.25, 0.3) is 0 Å². The lowest BCUT2D eigenvalue weighted by molar-refractivity contribution is -0.384. The van der Waals surface area contributed by atoms with Gasteiger partial charge < -0.3 is 10.6 Å². The highest BCUT2D eigenvalue weighted by Gasteiger charge is 2.14. The van der Waals surface area contributed by atoms with Crippen molar-refractivity contribution in [1.29, 1.82) is 0 Å². The van der Waals surface area contributed by atoms with Crippen LogP contribution in [-0.2, 0) is 5.41 Å². The fraction of sp³-hybridized carbons (Fsp3) is 0.316. The normalized spacial score (nSPS) is 12.3. The van der Waals surface area contributed by atoms with Gasteiger partial charge in [-0.25, -0.2) is 0 Å². The number of nitrogens with zero attached hydrogens (tertiary/aromatic N) is 1. The summed E-state index contributed by atoms with van der Waals surface area (Å²) in [7, 11) is 0. The van der Waals surface area contributed by atoms with Crippen molar-refractivity contribution >= 4 is 28.7 Å². The molecule has 5 nitrogen and oxygen atoms in total. The maximum Gasteiger partial charge on any atom is 0.269 e. The lowest BCUT2D eigenvalue weighted by Gasteiger charge is -2.21. The molecule has 0 amide bonds. The van der Waals surface area contributed by atoms with Gasteiger partial charge in [0.2, 0.25) is 0 Å². The van der Waals surface area contributed by atoms with E-state index in [0.717, 1.165) is 5.56 Å². The molecule has 25 heavy (non-hydrogen) atoms. The Morgan fingerprint density at radius 3 is 2.12 bits per heavy atom. The smallest absolute Gasteiger partial charge is 0.269 e. The number of thiocarbonyl (C=S) groups is 1. The number of rotatable bonds is 4. The zero-order chi connectivity index (χ0) is 18.6. The highest BCUT2D eigenvalue weighted by Crippen LogP contribution is 2.24. The first-order chi connectivity index (χ1) is 11.7. The second-order valence-corrected chi connectivity index (χ2v) is 7.40. The largest absolute Gasteiger partial charge is 0.356 e. The second kappa shape index (κ2) is 7.61. The molecule has 0 radical (unpaired) electrons. The molecule has 0 bridgehead atoms. The molecule has 2 rings (SSSR count). The zero-order valence-electron chi connectivity index (χ0n) is 14.9. The van der Waals surface area contributed by atoms with Gasteiger partial charge in [-0.15, -0.1) is 0 Å². The topological polar surface area (TPSA) is 67.2 Å². The molecule has 2 aromatic carbocycles. The van der Waals surface area contributed by atoms with E-state index in [1.165, 1.54) is 17.7 Å². The molecule has 0 saturated carbocycles. The van der Waals surface area contributed by atoms with E-state index in [1.807, 2.05) is 6.92 Å². The van der Waals surface area contributed by atoms with Crippen LogP contribution in [0.1, 0.15) is 44.9 Å². The van der Waals surface area contributed by atoms with Crippen LogP contribution in [0.3, 0.4) is 0 Å². The number of benzene rings is 2. The lowest BCUT2D eigenvalue weighted by atomic mass is 9.86. The summed E-state index contributed by atoms with van der Waals surface area (Å²) in [5.74, 6) is 0. The molecule has 6 heteroatoms. The minimum absolute atomic E-state index is 0.0482. The number of anilines is 1. The van der Waals surface area contributed by atoms with Crippen molar-refractivity contribution in [3.8, 4) is 0 Å². The van der Waals surface area contributed by atoms with Crippen molar-refractivity contribution in [1.82, 2.24) is 5.32 Å². The number of hydrogen-bond donors (Lipinski definition) is 2. The van der Waals surface area contributed by atoms with Gasteiger partial charge in [0.05, 0.1) is 11.0 Å². The van der Waals surface area contributed by atoms with Gasteiger partial charge in [0, 0.05) is 17.8 Å². The third kappa shape index (κ3) is 5.26. The first-order valence-electron chi connectivity index (χ1n) is 8.09. The molecule has 0 aromatic heterocycles. The third-order valence-electron chi connectivity index (χ3n) is 3.96. The zero-order valence-corrected chi connectivity index (χ0v) is 15.7. The standard InChI is InChI=1S/C19H23N3O2S/c1-13(14-5-7-15(8-6-14)19(2,3)4)20-18(25)21-16-9-11-17(12-10-16)22(23)24/h5-13H,1-4H3,(H2,20,21,25).